The third-order valence-corrected chi connectivity index (χ3v) is 4.22. The van der Waals surface area contributed by atoms with Gasteiger partial charge in [0.25, 0.3) is 0 Å². The average molecular weight is 315 g/mol. The Morgan fingerprint density at radius 3 is 3.09 bits per heavy atom. The zero-order chi connectivity index (χ0) is 16.1. The number of hydrogen-bond donors (Lipinski definition) is 0. The summed E-state index contributed by atoms with van der Waals surface area (Å²) >= 11 is 0. The highest BCUT2D eigenvalue weighted by Crippen LogP contribution is 2.26. The Morgan fingerprint density at radius 1 is 1.35 bits per heavy atom. The summed E-state index contributed by atoms with van der Waals surface area (Å²) in [6.45, 7) is 3.21. The largest absolute Gasteiger partial charge is 0.377 e. The van der Waals surface area contributed by atoms with Gasteiger partial charge in [0.05, 0.1) is 0 Å². The van der Waals surface area contributed by atoms with E-state index in [0.717, 1.165) is 49.6 Å². The summed E-state index contributed by atoms with van der Waals surface area (Å²) in [5.41, 5.74) is 2.10. The fraction of sp³-hybridized carbons (Fsp3) is 0.444. The van der Waals surface area contributed by atoms with Crippen LogP contribution in [0.1, 0.15) is 35.8 Å². The van der Waals surface area contributed by atoms with Gasteiger partial charge < -0.3 is 4.74 Å². The monoisotopic (exact) mass is 315 g/mol. The lowest BCUT2D eigenvalue weighted by Crippen LogP contribution is -2.34. The highest BCUT2D eigenvalue weighted by atomic mass is 19.1. The van der Waals surface area contributed by atoms with Crippen molar-refractivity contribution < 1.29 is 9.13 Å². The van der Waals surface area contributed by atoms with Crippen molar-refractivity contribution in [3.8, 4) is 0 Å². The summed E-state index contributed by atoms with van der Waals surface area (Å²) in [6, 6.07) is 8.85. The predicted molar refractivity (Wildman–Crippen MR) is 86.4 cm³/mol. The van der Waals surface area contributed by atoms with Crippen LogP contribution in [0, 0.1) is 5.82 Å². The molecule has 0 spiro atoms. The second kappa shape index (κ2) is 7.62. The molecule has 0 amide bonds. The van der Waals surface area contributed by atoms with Crippen LogP contribution in [0.3, 0.4) is 0 Å². The number of benzene rings is 1. The molecule has 2 aromatic rings. The minimum absolute atomic E-state index is 0.170. The minimum atomic E-state index is -0.170. The zero-order valence-corrected chi connectivity index (χ0v) is 13.4. The van der Waals surface area contributed by atoms with E-state index in [1.807, 2.05) is 18.3 Å². The van der Waals surface area contributed by atoms with Gasteiger partial charge in [-0.15, -0.1) is 0 Å². The Kier molecular flexibility index (Phi) is 5.31. The Bertz CT molecular complexity index is 650. The van der Waals surface area contributed by atoms with E-state index in [4.69, 9.17) is 4.74 Å². The van der Waals surface area contributed by atoms with Crippen LogP contribution in [0.25, 0.3) is 0 Å². The fourth-order valence-electron chi connectivity index (χ4n) is 3.17. The van der Waals surface area contributed by atoms with Crippen molar-refractivity contribution in [2.24, 2.45) is 0 Å². The smallest absolute Gasteiger partial charge is 0.154 e. The summed E-state index contributed by atoms with van der Waals surface area (Å²) in [4.78, 5) is 11.2. The van der Waals surface area contributed by atoms with Crippen LogP contribution >= 0.6 is 0 Å². The van der Waals surface area contributed by atoms with Crippen LogP contribution in [0.4, 0.5) is 4.39 Å². The summed E-state index contributed by atoms with van der Waals surface area (Å²) < 4.78 is 18.4. The van der Waals surface area contributed by atoms with Crippen LogP contribution in [0.2, 0.25) is 0 Å². The molecule has 1 fully saturated rings. The number of piperidine rings is 1. The molecule has 1 aromatic heterocycles. The molecular formula is C18H22FN3O. The second-order valence-electron chi connectivity index (χ2n) is 6.03. The first-order valence-corrected chi connectivity index (χ1v) is 8.02. The van der Waals surface area contributed by atoms with Gasteiger partial charge in [0.2, 0.25) is 0 Å². The van der Waals surface area contributed by atoms with Gasteiger partial charge in [0.15, 0.2) is 5.82 Å². The molecule has 0 bridgehead atoms. The Labute approximate surface area is 136 Å². The van der Waals surface area contributed by atoms with E-state index in [0.29, 0.717) is 12.5 Å². The first-order chi connectivity index (χ1) is 11.2. The van der Waals surface area contributed by atoms with E-state index >= 15 is 0 Å². The SMILES string of the molecule is COCc1nccc([C@H]2CCCN(Cc3cccc(F)c3)C2)n1. The van der Waals surface area contributed by atoms with E-state index in [-0.39, 0.29) is 5.82 Å². The van der Waals surface area contributed by atoms with Crippen molar-refractivity contribution in [1.29, 1.82) is 0 Å². The maximum Gasteiger partial charge on any atom is 0.154 e. The predicted octanol–water partition coefficient (Wildman–Crippen LogP) is 3.14. The zero-order valence-electron chi connectivity index (χ0n) is 13.4. The quantitative estimate of drug-likeness (QED) is 0.849. The molecule has 4 nitrogen and oxygen atoms in total. The lowest BCUT2D eigenvalue weighted by atomic mass is 9.94. The molecule has 0 saturated carbocycles. The van der Waals surface area contributed by atoms with Gasteiger partial charge in [-0.05, 0) is 43.1 Å². The molecule has 1 atom stereocenters. The van der Waals surface area contributed by atoms with E-state index in [9.17, 15) is 4.39 Å². The normalized spacial score (nSPS) is 19.0. The fourth-order valence-corrected chi connectivity index (χ4v) is 3.17. The number of rotatable bonds is 5. The van der Waals surface area contributed by atoms with Crippen molar-refractivity contribution in [1.82, 2.24) is 14.9 Å². The molecule has 0 unspecified atom stereocenters. The van der Waals surface area contributed by atoms with Gasteiger partial charge in [-0.25, -0.2) is 14.4 Å². The molecule has 1 aliphatic rings. The van der Waals surface area contributed by atoms with Crippen molar-refractivity contribution in [3.05, 3.63) is 59.4 Å². The lowest BCUT2D eigenvalue weighted by molar-refractivity contribution is 0.176. The number of hydrogen-bond acceptors (Lipinski definition) is 4. The van der Waals surface area contributed by atoms with Gasteiger partial charge in [-0.2, -0.15) is 0 Å². The van der Waals surface area contributed by atoms with Crippen LogP contribution in [-0.2, 0) is 17.9 Å². The van der Waals surface area contributed by atoms with Gasteiger partial charge in [0, 0.05) is 38.0 Å². The molecule has 3 rings (SSSR count). The Morgan fingerprint density at radius 2 is 2.26 bits per heavy atom. The maximum atomic E-state index is 13.3. The molecule has 122 valence electrons. The van der Waals surface area contributed by atoms with E-state index in [1.165, 1.54) is 6.07 Å². The molecular weight excluding hydrogens is 293 g/mol. The summed E-state index contributed by atoms with van der Waals surface area (Å²) in [6.07, 6.45) is 4.06. The summed E-state index contributed by atoms with van der Waals surface area (Å²) in [7, 11) is 1.65. The van der Waals surface area contributed by atoms with E-state index in [2.05, 4.69) is 14.9 Å². The maximum absolute atomic E-state index is 13.3. The lowest BCUT2D eigenvalue weighted by Gasteiger charge is -2.32. The van der Waals surface area contributed by atoms with Crippen molar-refractivity contribution in [2.75, 3.05) is 20.2 Å². The third kappa shape index (κ3) is 4.33. The van der Waals surface area contributed by atoms with Crippen molar-refractivity contribution in [3.63, 3.8) is 0 Å². The van der Waals surface area contributed by atoms with Gasteiger partial charge in [-0.1, -0.05) is 12.1 Å². The van der Waals surface area contributed by atoms with Crippen LogP contribution < -0.4 is 0 Å². The number of methoxy groups -OCH3 is 1. The molecule has 23 heavy (non-hydrogen) atoms. The minimum Gasteiger partial charge on any atom is -0.377 e. The molecule has 0 aliphatic carbocycles. The highest BCUT2D eigenvalue weighted by molar-refractivity contribution is 5.17. The first kappa shape index (κ1) is 16.0. The number of ether oxygens (including phenoxy) is 1. The number of nitrogens with zero attached hydrogens (tertiary/aromatic N) is 3. The van der Waals surface area contributed by atoms with Gasteiger partial charge in [0.1, 0.15) is 12.4 Å². The molecule has 0 radical (unpaired) electrons. The summed E-state index contributed by atoms with van der Waals surface area (Å²) in [5.74, 6) is 0.958. The topological polar surface area (TPSA) is 38.2 Å². The van der Waals surface area contributed by atoms with E-state index < -0.39 is 0 Å². The van der Waals surface area contributed by atoms with Gasteiger partial charge in [-0.3, -0.25) is 4.90 Å². The Hall–Kier alpha value is -1.85. The van der Waals surface area contributed by atoms with Crippen LogP contribution in [0.15, 0.2) is 36.5 Å². The summed E-state index contributed by atoms with van der Waals surface area (Å²) in [5, 5.41) is 0. The van der Waals surface area contributed by atoms with Crippen molar-refractivity contribution in [2.45, 2.75) is 31.9 Å². The van der Waals surface area contributed by atoms with Crippen LogP contribution in [-0.4, -0.2) is 35.1 Å². The molecule has 0 N–H and O–H groups in total. The molecule has 1 saturated heterocycles. The highest BCUT2D eigenvalue weighted by Gasteiger charge is 2.22. The number of halogens is 1. The third-order valence-electron chi connectivity index (χ3n) is 4.22. The second-order valence-corrected chi connectivity index (χ2v) is 6.03. The first-order valence-electron chi connectivity index (χ1n) is 8.02. The molecule has 1 aliphatic heterocycles. The molecule has 5 heteroatoms. The Balaban J connectivity index is 1.67. The average Bonchev–Trinajstić information content (AvgIpc) is 2.56. The number of aromatic nitrogens is 2. The molecule has 1 aromatic carbocycles. The standard InChI is InChI=1S/C18H22FN3O/c1-23-13-18-20-8-7-17(21-18)15-5-3-9-22(12-15)11-14-4-2-6-16(19)10-14/h2,4,6-8,10,15H,3,5,9,11-13H2,1H3/t15-/m0/s1. The van der Waals surface area contributed by atoms with Crippen LogP contribution in [0.5, 0.6) is 0 Å². The van der Waals surface area contributed by atoms with Gasteiger partial charge >= 0.3 is 0 Å². The van der Waals surface area contributed by atoms with E-state index in [1.54, 1.807) is 19.2 Å². The van der Waals surface area contributed by atoms with Crippen molar-refractivity contribution >= 4 is 0 Å². The molecule has 2 heterocycles. The number of likely N-dealkylation sites (tertiary alicyclic amines) is 1.